The summed E-state index contributed by atoms with van der Waals surface area (Å²) in [5.41, 5.74) is 0. The maximum Gasteiger partial charge on any atom is 0.322 e. The van der Waals surface area contributed by atoms with Gasteiger partial charge >= 0.3 is 11.9 Å². The summed E-state index contributed by atoms with van der Waals surface area (Å²) in [7, 11) is -3.00. The van der Waals surface area contributed by atoms with E-state index in [2.05, 4.69) is 14.9 Å². The lowest BCUT2D eigenvalue weighted by Gasteiger charge is -2.12. The standard InChI is InChI=1S/C8H11N3O6S/c1-17-7(12)4-5(8(13)14)11-18(15,16)6-2-3-9-10-6/h2-3,5,11H,4H2,1H3,(H,9,10)(H,13,14)/t5-/m0/s1. The number of methoxy groups -OCH3 is 1. The number of ether oxygens (including phenoxy) is 1. The van der Waals surface area contributed by atoms with Crippen molar-refractivity contribution in [1.82, 2.24) is 14.9 Å². The molecular formula is C8H11N3O6S. The van der Waals surface area contributed by atoms with E-state index in [1.165, 1.54) is 6.20 Å². The number of rotatable bonds is 6. The van der Waals surface area contributed by atoms with Gasteiger partial charge in [-0.05, 0) is 6.07 Å². The highest BCUT2D eigenvalue weighted by molar-refractivity contribution is 7.89. The number of carboxylic acids is 1. The Balaban J connectivity index is 2.85. The number of carboxylic acid groups (broad SMARTS) is 1. The van der Waals surface area contributed by atoms with Crippen molar-refractivity contribution in [1.29, 1.82) is 0 Å². The summed E-state index contributed by atoms with van der Waals surface area (Å²) in [5, 5.41) is 14.1. The van der Waals surface area contributed by atoms with Crippen LogP contribution in [0.15, 0.2) is 17.3 Å². The quantitative estimate of drug-likeness (QED) is 0.549. The van der Waals surface area contributed by atoms with E-state index in [0.717, 1.165) is 13.2 Å². The van der Waals surface area contributed by atoms with Crippen LogP contribution in [-0.4, -0.2) is 48.8 Å². The molecule has 1 aromatic heterocycles. The summed E-state index contributed by atoms with van der Waals surface area (Å²) in [4.78, 5) is 21.8. The molecule has 10 heteroatoms. The Morgan fingerprint density at radius 1 is 1.61 bits per heavy atom. The fourth-order valence-corrected chi connectivity index (χ4v) is 2.17. The van der Waals surface area contributed by atoms with Gasteiger partial charge in [-0.15, -0.1) is 0 Å². The van der Waals surface area contributed by atoms with Gasteiger partial charge in [-0.1, -0.05) is 0 Å². The van der Waals surface area contributed by atoms with Crippen molar-refractivity contribution < 1.29 is 27.9 Å². The zero-order valence-electron chi connectivity index (χ0n) is 9.28. The van der Waals surface area contributed by atoms with Crippen molar-refractivity contribution in [2.45, 2.75) is 17.5 Å². The van der Waals surface area contributed by atoms with Crippen LogP contribution in [0, 0.1) is 0 Å². The molecular weight excluding hydrogens is 266 g/mol. The van der Waals surface area contributed by atoms with Gasteiger partial charge in [-0.2, -0.15) is 9.82 Å². The highest BCUT2D eigenvalue weighted by Gasteiger charge is 2.28. The van der Waals surface area contributed by atoms with Gasteiger partial charge in [0.05, 0.1) is 19.7 Å². The number of hydrogen-bond acceptors (Lipinski definition) is 6. The van der Waals surface area contributed by atoms with Crippen LogP contribution in [0.1, 0.15) is 6.42 Å². The number of esters is 1. The predicted octanol–water partition coefficient (Wildman–Crippen LogP) is -1.30. The molecule has 100 valence electrons. The summed E-state index contributed by atoms with van der Waals surface area (Å²) in [6, 6.07) is -0.454. The molecule has 0 aliphatic heterocycles. The van der Waals surface area contributed by atoms with E-state index in [-0.39, 0.29) is 5.03 Å². The number of carbonyl (C=O) groups is 2. The highest BCUT2D eigenvalue weighted by atomic mass is 32.2. The van der Waals surface area contributed by atoms with Crippen LogP contribution in [-0.2, 0) is 24.3 Å². The van der Waals surface area contributed by atoms with Crippen LogP contribution >= 0.6 is 0 Å². The molecule has 0 radical (unpaired) electrons. The van der Waals surface area contributed by atoms with Crippen LogP contribution in [0.25, 0.3) is 0 Å². The maximum atomic E-state index is 11.7. The Labute approximate surface area is 102 Å². The third-order valence-electron chi connectivity index (χ3n) is 1.96. The monoisotopic (exact) mass is 277 g/mol. The Hall–Kier alpha value is -1.94. The van der Waals surface area contributed by atoms with Gasteiger partial charge in [0.2, 0.25) is 0 Å². The molecule has 1 aromatic rings. The first-order valence-electron chi connectivity index (χ1n) is 4.68. The molecule has 0 bridgehead atoms. The Morgan fingerprint density at radius 2 is 2.28 bits per heavy atom. The number of H-pyrrole nitrogens is 1. The summed E-state index contributed by atoms with van der Waals surface area (Å²) < 4.78 is 29.5. The van der Waals surface area contributed by atoms with Crippen molar-refractivity contribution >= 4 is 22.0 Å². The van der Waals surface area contributed by atoms with E-state index in [0.29, 0.717) is 0 Å². The number of carbonyl (C=O) groups excluding carboxylic acids is 1. The molecule has 0 unspecified atom stereocenters. The number of nitrogens with zero attached hydrogens (tertiary/aromatic N) is 1. The Kier molecular flexibility index (Phi) is 4.39. The van der Waals surface area contributed by atoms with Crippen molar-refractivity contribution in [3.05, 3.63) is 12.3 Å². The minimum atomic E-state index is -4.07. The smallest absolute Gasteiger partial charge is 0.322 e. The lowest BCUT2D eigenvalue weighted by Crippen LogP contribution is -2.42. The van der Waals surface area contributed by atoms with Crippen molar-refractivity contribution in [3.63, 3.8) is 0 Å². The second kappa shape index (κ2) is 5.60. The summed E-state index contributed by atoms with van der Waals surface area (Å²) in [6.45, 7) is 0. The summed E-state index contributed by atoms with van der Waals surface area (Å²) in [5.74, 6) is -2.32. The average Bonchev–Trinajstić information content (AvgIpc) is 2.81. The third kappa shape index (κ3) is 3.53. The van der Waals surface area contributed by atoms with Gasteiger partial charge in [0.25, 0.3) is 10.0 Å². The molecule has 0 spiro atoms. The molecule has 0 fully saturated rings. The van der Waals surface area contributed by atoms with Gasteiger partial charge in [0.15, 0.2) is 5.03 Å². The number of aromatic amines is 1. The first kappa shape index (κ1) is 14.1. The second-order valence-corrected chi connectivity index (χ2v) is 4.90. The molecule has 1 rings (SSSR count). The average molecular weight is 277 g/mol. The van der Waals surface area contributed by atoms with Gasteiger partial charge < -0.3 is 9.84 Å². The van der Waals surface area contributed by atoms with Crippen LogP contribution in [0.3, 0.4) is 0 Å². The molecule has 0 saturated carbocycles. The topological polar surface area (TPSA) is 138 Å². The lowest BCUT2D eigenvalue weighted by molar-refractivity contribution is -0.147. The summed E-state index contributed by atoms with van der Waals surface area (Å²) >= 11 is 0. The largest absolute Gasteiger partial charge is 0.480 e. The van der Waals surface area contributed by atoms with Crippen molar-refractivity contribution in [2.75, 3.05) is 7.11 Å². The number of aliphatic carboxylic acids is 1. The summed E-state index contributed by atoms with van der Waals surface area (Å²) in [6.07, 6.45) is 0.587. The van der Waals surface area contributed by atoms with Crippen LogP contribution < -0.4 is 4.72 Å². The zero-order chi connectivity index (χ0) is 13.8. The SMILES string of the molecule is COC(=O)C[C@H](NS(=O)(=O)c1ccn[nH]1)C(=O)O. The molecule has 0 aromatic carbocycles. The van der Waals surface area contributed by atoms with Gasteiger partial charge in [0.1, 0.15) is 6.04 Å². The van der Waals surface area contributed by atoms with Gasteiger partial charge in [0, 0.05) is 0 Å². The molecule has 0 aliphatic rings. The third-order valence-corrected chi connectivity index (χ3v) is 3.36. The zero-order valence-corrected chi connectivity index (χ0v) is 10.1. The Morgan fingerprint density at radius 3 is 2.72 bits per heavy atom. The number of hydrogen-bond donors (Lipinski definition) is 3. The number of sulfonamides is 1. The first-order valence-corrected chi connectivity index (χ1v) is 6.16. The van der Waals surface area contributed by atoms with Crippen LogP contribution in [0.5, 0.6) is 0 Å². The number of nitrogens with one attached hydrogen (secondary N) is 2. The number of aromatic nitrogens is 2. The van der Waals surface area contributed by atoms with Crippen molar-refractivity contribution in [3.8, 4) is 0 Å². The van der Waals surface area contributed by atoms with E-state index in [1.54, 1.807) is 0 Å². The molecule has 0 amide bonds. The Bertz CT molecular complexity index is 523. The molecule has 1 atom stereocenters. The maximum absolute atomic E-state index is 11.7. The second-order valence-electron chi connectivity index (χ2n) is 3.21. The van der Waals surface area contributed by atoms with Gasteiger partial charge in [-0.25, -0.2) is 8.42 Å². The molecule has 1 heterocycles. The normalized spacial score (nSPS) is 12.9. The molecule has 0 aliphatic carbocycles. The van der Waals surface area contributed by atoms with E-state index < -0.39 is 34.4 Å². The fourth-order valence-electron chi connectivity index (χ4n) is 1.07. The minimum Gasteiger partial charge on any atom is -0.480 e. The molecule has 3 N–H and O–H groups in total. The lowest BCUT2D eigenvalue weighted by atomic mass is 10.2. The van der Waals surface area contributed by atoms with E-state index in [4.69, 9.17) is 5.11 Å². The predicted molar refractivity (Wildman–Crippen MR) is 57.0 cm³/mol. The van der Waals surface area contributed by atoms with E-state index >= 15 is 0 Å². The molecule has 18 heavy (non-hydrogen) atoms. The van der Waals surface area contributed by atoms with Gasteiger partial charge in [-0.3, -0.25) is 14.7 Å². The first-order chi connectivity index (χ1) is 8.36. The van der Waals surface area contributed by atoms with Crippen molar-refractivity contribution in [2.24, 2.45) is 0 Å². The van der Waals surface area contributed by atoms with E-state index in [9.17, 15) is 18.0 Å². The fraction of sp³-hybridized carbons (Fsp3) is 0.375. The van der Waals surface area contributed by atoms with Crippen LogP contribution in [0.2, 0.25) is 0 Å². The highest BCUT2D eigenvalue weighted by Crippen LogP contribution is 2.06. The molecule has 9 nitrogen and oxygen atoms in total. The van der Waals surface area contributed by atoms with Crippen LogP contribution in [0.4, 0.5) is 0 Å². The minimum absolute atomic E-state index is 0.293. The molecule has 0 saturated heterocycles. The van der Waals surface area contributed by atoms with E-state index in [1.807, 2.05) is 4.72 Å².